The third kappa shape index (κ3) is 3.54. The minimum Gasteiger partial charge on any atom is -0.377 e. The Morgan fingerprint density at radius 2 is 2.00 bits per heavy atom. The molecule has 0 radical (unpaired) electrons. The average Bonchev–Trinajstić information content (AvgIpc) is 2.42. The molecule has 19 heavy (non-hydrogen) atoms. The zero-order chi connectivity index (χ0) is 13.7. The fraction of sp³-hybridized carbons (Fsp3) is 0.429. The van der Waals surface area contributed by atoms with E-state index in [9.17, 15) is 0 Å². The minimum absolute atomic E-state index is 0.247. The van der Waals surface area contributed by atoms with Gasteiger partial charge in [0.05, 0.1) is 18.2 Å². The first-order valence-electron chi connectivity index (χ1n) is 6.50. The maximum Gasteiger partial charge on any atom is 0.224 e. The first-order valence-corrected chi connectivity index (χ1v) is 6.50. The van der Waals surface area contributed by atoms with Crippen molar-refractivity contribution >= 4 is 22.7 Å². The van der Waals surface area contributed by atoms with Crippen LogP contribution >= 0.6 is 0 Å². The van der Waals surface area contributed by atoms with Crippen molar-refractivity contribution in [2.24, 2.45) is 0 Å². The standard InChI is InChI=1S/C14H20N4O/c1-10(2)19-9-8-16-13-11-6-4-5-7-12(11)17-14(15-3)18-13/h4-7,10H,8-9H2,1-3H3,(H2,15,16,17,18). The summed E-state index contributed by atoms with van der Waals surface area (Å²) < 4.78 is 5.51. The van der Waals surface area contributed by atoms with E-state index in [4.69, 9.17) is 4.74 Å². The number of hydrogen-bond donors (Lipinski definition) is 2. The molecule has 2 aromatic rings. The Balaban J connectivity index is 2.16. The number of ether oxygens (including phenoxy) is 1. The van der Waals surface area contributed by atoms with Crippen LogP contribution in [0, 0.1) is 0 Å². The number of para-hydroxylation sites is 1. The number of fused-ring (bicyclic) bond motifs is 1. The van der Waals surface area contributed by atoms with Gasteiger partial charge >= 0.3 is 0 Å². The topological polar surface area (TPSA) is 59.1 Å². The van der Waals surface area contributed by atoms with Gasteiger partial charge in [-0.25, -0.2) is 4.98 Å². The molecule has 0 bridgehead atoms. The molecule has 102 valence electrons. The summed E-state index contributed by atoms with van der Waals surface area (Å²) in [5, 5.41) is 7.30. The number of nitrogens with one attached hydrogen (secondary N) is 2. The van der Waals surface area contributed by atoms with Crippen LogP contribution in [-0.2, 0) is 4.74 Å². The largest absolute Gasteiger partial charge is 0.377 e. The molecule has 0 aliphatic heterocycles. The van der Waals surface area contributed by atoms with Crippen LogP contribution in [0.1, 0.15) is 13.8 Å². The lowest BCUT2D eigenvalue weighted by atomic mass is 10.2. The minimum atomic E-state index is 0.247. The molecule has 0 spiro atoms. The second-order valence-corrected chi connectivity index (χ2v) is 4.51. The lowest BCUT2D eigenvalue weighted by Gasteiger charge is -2.11. The molecule has 1 aromatic heterocycles. The van der Waals surface area contributed by atoms with Crippen LogP contribution in [-0.4, -0.2) is 36.3 Å². The van der Waals surface area contributed by atoms with Gasteiger partial charge in [-0.05, 0) is 26.0 Å². The van der Waals surface area contributed by atoms with E-state index in [-0.39, 0.29) is 6.10 Å². The van der Waals surface area contributed by atoms with Crippen LogP contribution in [0.3, 0.4) is 0 Å². The summed E-state index contributed by atoms with van der Waals surface area (Å²) in [5.41, 5.74) is 0.925. The quantitative estimate of drug-likeness (QED) is 0.781. The van der Waals surface area contributed by atoms with E-state index in [1.165, 1.54) is 0 Å². The molecular formula is C14H20N4O. The number of rotatable bonds is 6. The molecule has 0 aliphatic rings. The molecule has 0 atom stereocenters. The second kappa shape index (κ2) is 6.33. The molecule has 1 aromatic carbocycles. The van der Waals surface area contributed by atoms with Crippen LogP contribution in [0.25, 0.3) is 10.9 Å². The lowest BCUT2D eigenvalue weighted by molar-refractivity contribution is 0.0870. The third-order valence-electron chi connectivity index (χ3n) is 2.67. The SMILES string of the molecule is CNc1nc(NCCOC(C)C)c2ccccc2n1. The molecule has 0 unspecified atom stereocenters. The van der Waals surface area contributed by atoms with Crippen molar-refractivity contribution in [1.82, 2.24) is 9.97 Å². The normalized spacial score (nSPS) is 10.9. The average molecular weight is 260 g/mol. The van der Waals surface area contributed by atoms with Gasteiger partial charge in [-0.15, -0.1) is 0 Å². The number of benzene rings is 1. The van der Waals surface area contributed by atoms with E-state index in [2.05, 4.69) is 20.6 Å². The van der Waals surface area contributed by atoms with E-state index in [1.807, 2.05) is 45.2 Å². The maximum absolute atomic E-state index is 5.51. The summed E-state index contributed by atoms with van der Waals surface area (Å²) in [6, 6.07) is 7.95. The summed E-state index contributed by atoms with van der Waals surface area (Å²) in [5.74, 6) is 1.45. The van der Waals surface area contributed by atoms with Gasteiger partial charge in [-0.2, -0.15) is 4.98 Å². The Bertz CT molecular complexity index is 542. The Morgan fingerprint density at radius 1 is 1.21 bits per heavy atom. The zero-order valence-electron chi connectivity index (χ0n) is 11.6. The summed E-state index contributed by atoms with van der Waals surface area (Å²) >= 11 is 0. The zero-order valence-corrected chi connectivity index (χ0v) is 11.6. The van der Waals surface area contributed by atoms with Crippen LogP contribution in [0.15, 0.2) is 24.3 Å². The van der Waals surface area contributed by atoms with E-state index in [0.717, 1.165) is 23.3 Å². The molecule has 1 heterocycles. The molecule has 0 saturated heterocycles. The van der Waals surface area contributed by atoms with Gasteiger partial charge in [-0.3, -0.25) is 0 Å². The smallest absolute Gasteiger partial charge is 0.224 e. The number of aromatic nitrogens is 2. The van der Waals surface area contributed by atoms with E-state index >= 15 is 0 Å². The Hall–Kier alpha value is -1.88. The Kier molecular flexibility index (Phi) is 4.52. The van der Waals surface area contributed by atoms with Gasteiger partial charge in [-0.1, -0.05) is 12.1 Å². The van der Waals surface area contributed by atoms with Crippen LogP contribution < -0.4 is 10.6 Å². The predicted octanol–water partition coefficient (Wildman–Crippen LogP) is 2.51. The van der Waals surface area contributed by atoms with Crippen LogP contribution in [0.4, 0.5) is 11.8 Å². The van der Waals surface area contributed by atoms with E-state index < -0.39 is 0 Å². The fourth-order valence-electron chi connectivity index (χ4n) is 1.79. The monoisotopic (exact) mass is 260 g/mol. The van der Waals surface area contributed by atoms with Gasteiger partial charge in [0.1, 0.15) is 5.82 Å². The maximum atomic E-state index is 5.51. The highest BCUT2D eigenvalue weighted by atomic mass is 16.5. The molecule has 5 heteroatoms. The van der Waals surface area contributed by atoms with Crippen molar-refractivity contribution in [3.05, 3.63) is 24.3 Å². The molecule has 0 aliphatic carbocycles. The number of anilines is 2. The first kappa shape index (κ1) is 13.5. The highest BCUT2D eigenvalue weighted by Crippen LogP contribution is 2.21. The summed E-state index contributed by atoms with van der Waals surface area (Å²) in [4.78, 5) is 8.86. The summed E-state index contributed by atoms with van der Waals surface area (Å²) in [6.45, 7) is 5.44. The van der Waals surface area contributed by atoms with Crippen molar-refractivity contribution in [3.63, 3.8) is 0 Å². The molecule has 0 amide bonds. The van der Waals surface area contributed by atoms with Gasteiger partial charge in [0, 0.05) is 19.0 Å². The predicted molar refractivity (Wildman–Crippen MR) is 78.7 cm³/mol. The Morgan fingerprint density at radius 3 is 2.74 bits per heavy atom. The molecule has 2 rings (SSSR count). The molecule has 0 fully saturated rings. The summed E-state index contributed by atoms with van der Waals surface area (Å²) in [7, 11) is 1.82. The second-order valence-electron chi connectivity index (χ2n) is 4.51. The van der Waals surface area contributed by atoms with Crippen molar-refractivity contribution in [2.75, 3.05) is 30.8 Å². The molecular weight excluding hydrogens is 240 g/mol. The fourth-order valence-corrected chi connectivity index (χ4v) is 1.79. The lowest BCUT2D eigenvalue weighted by Crippen LogP contribution is -2.14. The van der Waals surface area contributed by atoms with Crippen LogP contribution in [0.2, 0.25) is 0 Å². The van der Waals surface area contributed by atoms with Crippen molar-refractivity contribution < 1.29 is 4.74 Å². The van der Waals surface area contributed by atoms with Gasteiger partial charge in [0.15, 0.2) is 0 Å². The van der Waals surface area contributed by atoms with Gasteiger partial charge < -0.3 is 15.4 Å². The molecule has 0 saturated carbocycles. The van der Waals surface area contributed by atoms with E-state index in [0.29, 0.717) is 12.6 Å². The van der Waals surface area contributed by atoms with E-state index in [1.54, 1.807) is 0 Å². The molecule has 5 nitrogen and oxygen atoms in total. The van der Waals surface area contributed by atoms with Gasteiger partial charge in [0.25, 0.3) is 0 Å². The number of hydrogen-bond acceptors (Lipinski definition) is 5. The highest BCUT2D eigenvalue weighted by Gasteiger charge is 2.05. The number of nitrogens with zero attached hydrogens (tertiary/aromatic N) is 2. The Labute approximate surface area is 113 Å². The van der Waals surface area contributed by atoms with Crippen molar-refractivity contribution in [1.29, 1.82) is 0 Å². The third-order valence-corrected chi connectivity index (χ3v) is 2.67. The first-order chi connectivity index (χ1) is 9.20. The highest BCUT2D eigenvalue weighted by molar-refractivity contribution is 5.89. The summed E-state index contributed by atoms with van der Waals surface area (Å²) in [6.07, 6.45) is 0.247. The molecule has 2 N–H and O–H groups in total. The van der Waals surface area contributed by atoms with Crippen LogP contribution in [0.5, 0.6) is 0 Å². The van der Waals surface area contributed by atoms with Gasteiger partial charge in [0.2, 0.25) is 5.95 Å². The van der Waals surface area contributed by atoms with Crippen molar-refractivity contribution in [3.8, 4) is 0 Å². The van der Waals surface area contributed by atoms with Crippen molar-refractivity contribution in [2.45, 2.75) is 20.0 Å².